The van der Waals surface area contributed by atoms with Gasteiger partial charge in [0, 0.05) is 19.4 Å². The summed E-state index contributed by atoms with van der Waals surface area (Å²) >= 11 is 0. The van der Waals surface area contributed by atoms with Gasteiger partial charge in [-0.25, -0.2) is 4.79 Å². The van der Waals surface area contributed by atoms with Gasteiger partial charge < -0.3 is 15.3 Å². The second kappa shape index (κ2) is 9.46. The third-order valence-corrected chi connectivity index (χ3v) is 4.91. The average Bonchev–Trinajstić information content (AvgIpc) is 2.86. The van der Waals surface area contributed by atoms with E-state index in [1.54, 1.807) is 12.2 Å². The highest BCUT2D eigenvalue weighted by atomic mass is 16.4. The van der Waals surface area contributed by atoms with Gasteiger partial charge in [-0.15, -0.1) is 0 Å². The monoisotopic (exact) mass is 352 g/mol. The second-order valence-electron chi connectivity index (χ2n) is 6.74. The van der Waals surface area contributed by atoms with Crippen LogP contribution in [0.1, 0.15) is 57.1 Å². The predicted octanol–water partition coefficient (Wildman–Crippen LogP) is 2.18. The molecule has 1 aromatic rings. The number of H-pyrrole nitrogens is 1. The summed E-state index contributed by atoms with van der Waals surface area (Å²) in [5, 5.41) is 28.9. The summed E-state index contributed by atoms with van der Waals surface area (Å²) in [6.45, 7) is 0.353. The van der Waals surface area contributed by atoms with Gasteiger partial charge in [0.05, 0.1) is 11.8 Å². The molecular formula is C18H28N2O5. The topological polar surface area (TPSA) is 116 Å². The number of allylic oxidation sites excluding steroid dienone is 2. The Balaban J connectivity index is 1.93. The molecule has 0 bridgehead atoms. The van der Waals surface area contributed by atoms with Crippen molar-refractivity contribution in [3.63, 3.8) is 0 Å². The van der Waals surface area contributed by atoms with E-state index in [0.717, 1.165) is 25.7 Å². The number of aliphatic hydroxyl groups excluding tert-OH is 1. The van der Waals surface area contributed by atoms with Gasteiger partial charge in [-0.3, -0.25) is 14.3 Å². The molecule has 1 aliphatic carbocycles. The van der Waals surface area contributed by atoms with Gasteiger partial charge in [-0.1, -0.05) is 31.4 Å². The number of carboxylic acids is 1. The van der Waals surface area contributed by atoms with Crippen molar-refractivity contribution >= 4 is 5.97 Å². The highest BCUT2D eigenvalue weighted by Gasteiger charge is 2.22. The lowest BCUT2D eigenvalue weighted by Gasteiger charge is -2.26. The number of imidazole rings is 1. The molecule has 2 rings (SSSR count). The normalized spacial score (nSPS) is 17.2. The number of carbonyl (C=O) groups is 1. The molecule has 7 nitrogen and oxygen atoms in total. The first-order valence-electron chi connectivity index (χ1n) is 9.04. The van der Waals surface area contributed by atoms with E-state index in [4.69, 9.17) is 5.11 Å². The van der Waals surface area contributed by atoms with Crippen molar-refractivity contribution in [2.24, 2.45) is 5.92 Å². The number of nitrogens with zero attached hydrogens (tertiary/aromatic N) is 1. The first-order chi connectivity index (χ1) is 12.0. The molecule has 0 saturated heterocycles. The van der Waals surface area contributed by atoms with E-state index in [1.807, 2.05) is 0 Å². The van der Waals surface area contributed by atoms with E-state index in [0.29, 0.717) is 37.4 Å². The molecule has 25 heavy (non-hydrogen) atoms. The van der Waals surface area contributed by atoms with Crippen LogP contribution in [0.15, 0.2) is 16.9 Å². The van der Waals surface area contributed by atoms with Crippen molar-refractivity contribution in [2.45, 2.75) is 70.4 Å². The van der Waals surface area contributed by atoms with Crippen LogP contribution in [0, 0.1) is 5.92 Å². The van der Waals surface area contributed by atoms with Crippen molar-refractivity contribution in [3.8, 4) is 5.88 Å². The molecular weight excluding hydrogens is 324 g/mol. The standard InChI is InChI=1S/C18H28N2O5/c21-15(13-7-3-1-4-8-13)11-12-20-14(17(24)19-18(20)25)9-5-2-6-10-16(22)23/h2,5,13,15,21,24H,1,3-4,6-12H2,(H,19,25)(H,22,23). The molecule has 1 unspecified atom stereocenters. The number of carboxylic acid groups (broad SMARTS) is 1. The minimum absolute atomic E-state index is 0.0516. The van der Waals surface area contributed by atoms with E-state index in [-0.39, 0.29) is 18.0 Å². The minimum Gasteiger partial charge on any atom is -0.493 e. The van der Waals surface area contributed by atoms with Crippen LogP contribution < -0.4 is 5.69 Å². The SMILES string of the molecule is O=C(O)CCC=CCc1c(O)[nH]c(=O)n1CCC(O)C1CCCCC1. The van der Waals surface area contributed by atoms with Crippen LogP contribution in [0.4, 0.5) is 0 Å². The molecule has 0 aromatic carbocycles. The van der Waals surface area contributed by atoms with Gasteiger partial charge >= 0.3 is 11.7 Å². The smallest absolute Gasteiger partial charge is 0.328 e. The fourth-order valence-electron chi connectivity index (χ4n) is 3.47. The number of aromatic nitrogens is 2. The number of aliphatic hydroxyl groups is 1. The highest BCUT2D eigenvalue weighted by Crippen LogP contribution is 2.28. The van der Waals surface area contributed by atoms with Crippen LogP contribution in [-0.2, 0) is 17.8 Å². The summed E-state index contributed by atoms with van der Waals surface area (Å²) in [5.74, 6) is -0.723. The molecule has 0 amide bonds. The van der Waals surface area contributed by atoms with E-state index in [2.05, 4.69) is 4.98 Å². The van der Waals surface area contributed by atoms with Gasteiger partial charge in [-0.05, 0) is 31.6 Å². The first-order valence-corrected chi connectivity index (χ1v) is 9.04. The van der Waals surface area contributed by atoms with Crippen LogP contribution >= 0.6 is 0 Å². The summed E-state index contributed by atoms with van der Waals surface area (Å²) in [7, 11) is 0. The van der Waals surface area contributed by atoms with Gasteiger partial charge in [-0.2, -0.15) is 0 Å². The predicted molar refractivity (Wildman–Crippen MR) is 93.6 cm³/mol. The van der Waals surface area contributed by atoms with Crippen LogP contribution in [0.3, 0.4) is 0 Å². The lowest BCUT2D eigenvalue weighted by atomic mass is 9.84. The van der Waals surface area contributed by atoms with E-state index < -0.39 is 12.1 Å². The van der Waals surface area contributed by atoms with Crippen molar-refractivity contribution in [1.82, 2.24) is 9.55 Å². The maximum atomic E-state index is 12.0. The Kier molecular flexibility index (Phi) is 7.31. The van der Waals surface area contributed by atoms with Crippen molar-refractivity contribution in [1.29, 1.82) is 0 Å². The molecule has 0 spiro atoms. The average molecular weight is 352 g/mol. The summed E-state index contributed by atoms with van der Waals surface area (Å²) in [5.41, 5.74) is 0.0784. The van der Waals surface area contributed by atoms with Crippen LogP contribution in [0.2, 0.25) is 0 Å². The van der Waals surface area contributed by atoms with Gasteiger partial charge in [0.15, 0.2) is 0 Å². The molecule has 1 atom stereocenters. The Labute approximate surface area is 147 Å². The molecule has 1 aliphatic rings. The summed E-state index contributed by atoms with van der Waals surface area (Å²) in [6.07, 6.45) is 9.93. The maximum Gasteiger partial charge on any atom is 0.328 e. The van der Waals surface area contributed by atoms with Crippen molar-refractivity contribution < 1.29 is 20.1 Å². The Hall–Kier alpha value is -2.02. The first kappa shape index (κ1) is 19.3. The molecule has 1 heterocycles. The summed E-state index contributed by atoms with van der Waals surface area (Å²) in [4.78, 5) is 24.9. The molecule has 0 aliphatic heterocycles. The fraction of sp³-hybridized carbons (Fsp3) is 0.667. The Morgan fingerprint density at radius 2 is 2.00 bits per heavy atom. The Bertz CT molecular complexity index is 640. The number of rotatable bonds is 9. The quantitative estimate of drug-likeness (QED) is 0.508. The number of hydrogen-bond donors (Lipinski definition) is 4. The highest BCUT2D eigenvalue weighted by molar-refractivity contribution is 5.66. The number of nitrogens with one attached hydrogen (secondary N) is 1. The molecule has 7 heteroatoms. The third kappa shape index (κ3) is 5.77. The fourth-order valence-corrected chi connectivity index (χ4v) is 3.47. The van der Waals surface area contributed by atoms with Crippen LogP contribution in [0.25, 0.3) is 0 Å². The third-order valence-electron chi connectivity index (χ3n) is 4.91. The van der Waals surface area contributed by atoms with Crippen molar-refractivity contribution in [2.75, 3.05) is 0 Å². The van der Waals surface area contributed by atoms with Crippen molar-refractivity contribution in [3.05, 3.63) is 28.3 Å². The van der Waals surface area contributed by atoms with Crippen LogP contribution in [0.5, 0.6) is 5.88 Å². The van der Waals surface area contributed by atoms with Gasteiger partial charge in [0.1, 0.15) is 0 Å². The van der Waals surface area contributed by atoms with Gasteiger partial charge in [0.2, 0.25) is 5.88 Å². The molecule has 140 valence electrons. The molecule has 0 radical (unpaired) electrons. The van der Waals surface area contributed by atoms with E-state index >= 15 is 0 Å². The lowest BCUT2D eigenvalue weighted by molar-refractivity contribution is -0.136. The Morgan fingerprint density at radius 3 is 2.68 bits per heavy atom. The lowest BCUT2D eigenvalue weighted by Crippen LogP contribution is -2.27. The van der Waals surface area contributed by atoms with E-state index in [1.165, 1.54) is 11.0 Å². The number of hydrogen-bond acceptors (Lipinski definition) is 4. The molecule has 1 aromatic heterocycles. The Morgan fingerprint density at radius 1 is 1.28 bits per heavy atom. The number of aromatic hydroxyl groups is 1. The largest absolute Gasteiger partial charge is 0.493 e. The second-order valence-corrected chi connectivity index (χ2v) is 6.74. The zero-order chi connectivity index (χ0) is 18.2. The van der Waals surface area contributed by atoms with Crippen LogP contribution in [-0.4, -0.2) is 36.9 Å². The maximum absolute atomic E-state index is 12.0. The summed E-state index contributed by atoms with van der Waals surface area (Å²) in [6, 6.07) is 0. The molecule has 4 N–H and O–H groups in total. The zero-order valence-corrected chi connectivity index (χ0v) is 14.5. The molecule has 1 saturated carbocycles. The zero-order valence-electron chi connectivity index (χ0n) is 14.5. The number of aromatic amines is 1. The van der Waals surface area contributed by atoms with E-state index in [9.17, 15) is 19.8 Å². The summed E-state index contributed by atoms with van der Waals surface area (Å²) < 4.78 is 1.46. The van der Waals surface area contributed by atoms with Gasteiger partial charge in [0.25, 0.3) is 0 Å². The number of aliphatic carboxylic acids is 1. The molecule has 1 fully saturated rings. The minimum atomic E-state index is -0.859.